The van der Waals surface area contributed by atoms with Crippen molar-refractivity contribution in [3.63, 3.8) is 0 Å². The fraction of sp³-hybridized carbons (Fsp3) is 0.438. The summed E-state index contributed by atoms with van der Waals surface area (Å²) in [7, 11) is 0. The molecule has 1 aromatic carbocycles. The van der Waals surface area contributed by atoms with Crippen LogP contribution in [0.15, 0.2) is 35.1 Å². The molecule has 1 atom stereocenters. The molecule has 3 nitrogen and oxygen atoms in total. The van der Waals surface area contributed by atoms with Crippen molar-refractivity contribution in [1.29, 1.82) is 0 Å². The summed E-state index contributed by atoms with van der Waals surface area (Å²) >= 11 is 0. The lowest BCUT2D eigenvalue weighted by atomic mass is 10.1. The topological polar surface area (TPSA) is 44.9 Å². The van der Waals surface area contributed by atoms with Gasteiger partial charge in [-0.1, -0.05) is 38.0 Å². The third kappa shape index (κ3) is 3.67. The number of hydrogen-bond acceptors (Lipinski definition) is 2. The Bertz CT molecular complexity index is 589. The Labute approximate surface area is 114 Å². The van der Waals surface area contributed by atoms with Crippen LogP contribution in [0.2, 0.25) is 0 Å². The summed E-state index contributed by atoms with van der Waals surface area (Å²) in [5, 5.41) is 4.50. The van der Waals surface area contributed by atoms with Crippen molar-refractivity contribution in [2.45, 2.75) is 45.7 Å². The smallest absolute Gasteiger partial charge is 0.252 e. The molecular weight excluding hydrogens is 236 g/mol. The molecule has 0 spiro atoms. The molecule has 0 bridgehead atoms. The summed E-state index contributed by atoms with van der Waals surface area (Å²) in [5.41, 5.74) is 1.71. The zero-order valence-electron chi connectivity index (χ0n) is 11.7. The van der Waals surface area contributed by atoms with Crippen molar-refractivity contribution < 1.29 is 0 Å². The first-order valence-electron chi connectivity index (χ1n) is 7.05. The molecule has 0 fully saturated rings. The first-order valence-corrected chi connectivity index (χ1v) is 7.05. The van der Waals surface area contributed by atoms with Crippen LogP contribution in [0.25, 0.3) is 10.9 Å². The van der Waals surface area contributed by atoms with Crippen LogP contribution in [0.3, 0.4) is 0 Å². The molecule has 0 aliphatic heterocycles. The molecule has 0 amide bonds. The van der Waals surface area contributed by atoms with Crippen LogP contribution < -0.4 is 10.9 Å². The number of fused-ring (bicyclic) bond motifs is 1. The quantitative estimate of drug-likeness (QED) is 0.835. The summed E-state index contributed by atoms with van der Waals surface area (Å²) in [6.07, 6.45) is 3.59. The molecule has 0 saturated carbocycles. The first kappa shape index (κ1) is 13.8. The average Bonchev–Trinajstić information content (AvgIpc) is 2.42. The lowest BCUT2D eigenvalue weighted by Crippen LogP contribution is -2.28. The van der Waals surface area contributed by atoms with E-state index in [4.69, 9.17) is 0 Å². The number of nitrogens with one attached hydrogen (secondary N) is 2. The summed E-state index contributed by atoms with van der Waals surface area (Å²) in [4.78, 5) is 14.9. The SMILES string of the molecule is CCCCC(C)NCc1cc2ccccc2[nH]c1=O. The normalized spacial score (nSPS) is 12.7. The van der Waals surface area contributed by atoms with Crippen LogP contribution in [-0.4, -0.2) is 11.0 Å². The molecular formula is C16H22N2O. The van der Waals surface area contributed by atoms with Crippen molar-refractivity contribution in [3.8, 4) is 0 Å². The van der Waals surface area contributed by atoms with Crippen molar-refractivity contribution in [1.82, 2.24) is 10.3 Å². The third-order valence-electron chi connectivity index (χ3n) is 3.46. The number of unbranched alkanes of at least 4 members (excludes halogenated alkanes) is 1. The van der Waals surface area contributed by atoms with E-state index in [1.54, 1.807) is 0 Å². The Balaban J connectivity index is 2.08. The number of hydrogen-bond donors (Lipinski definition) is 2. The standard InChI is InChI=1S/C16H22N2O/c1-3-4-7-12(2)17-11-14-10-13-8-5-6-9-15(13)18-16(14)19/h5-6,8-10,12,17H,3-4,7,11H2,1-2H3,(H,18,19). The molecule has 2 aromatic rings. The van der Waals surface area contributed by atoms with E-state index in [9.17, 15) is 4.79 Å². The Morgan fingerprint density at radius 2 is 2.11 bits per heavy atom. The minimum atomic E-state index is 0.00823. The van der Waals surface area contributed by atoms with E-state index >= 15 is 0 Å². The zero-order chi connectivity index (χ0) is 13.7. The van der Waals surface area contributed by atoms with Crippen LogP contribution in [0.5, 0.6) is 0 Å². The van der Waals surface area contributed by atoms with Gasteiger partial charge in [0.15, 0.2) is 0 Å². The average molecular weight is 258 g/mol. The maximum atomic E-state index is 12.0. The Kier molecular flexibility index (Phi) is 4.74. The van der Waals surface area contributed by atoms with Gasteiger partial charge in [-0.15, -0.1) is 0 Å². The molecule has 1 heterocycles. The van der Waals surface area contributed by atoms with E-state index in [-0.39, 0.29) is 5.56 Å². The minimum Gasteiger partial charge on any atom is -0.322 e. The van der Waals surface area contributed by atoms with Gasteiger partial charge in [-0.25, -0.2) is 0 Å². The molecule has 1 aromatic heterocycles. The summed E-state index contributed by atoms with van der Waals surface area (Å²) in [6, 6.07) is 10.3. The number of para-hydroxylation sites is 1. The van der Waals surface area contributed by atoms with E-state index in [0.717, 1.165) is 22.9 Å². The highest BCUT2D eigenvalue weighted by Crippen LogP contribution is 2.10. The molecule has 1 unspecified atom stereocenters. The summed E-state index contributed by atoms with van der Waals surface area (Å²) in [6.45, 7) is 5.00. The van der Waals surface area contributed by atoms with Gasteiger partial charge in [-0.05, 0) is 30.9 Å². The minimum absolute atomic E-state index is 0.00823. The van der Waals surface area contributed by atoms with Crippen LogP contribution in [0.1, 0.15) is 38.7 Å². The van der Waals surface area contributed by atoms with Gasteiger partial charge in [0.05, 0.1) is 0 Å². The number of benzene rings is 1. The van der Waals surface area contributed by atoms with Gasteiger partial charge in [0.25, 0.3) is 5.56 Å². The Morgan fingerprint density at radius 3 is 2.89 bits per heavy atom. The van der Waals surface area contributed by atoms with Crippen molar-refractivity contribution in [3.05, 3.63) is 46.2 Å². The molecule has 2 rings (SSSR count). The molecule has 0 radical (unpaired) electrons. The van der Waals surface area contributed by atoms with Crippen LogP contribution in [0, 0.1) is 0 Å². The maximum absolute atomic E-state index is 12.0. The first-order chi connectivity index (χ1) is 9.20. The highest BCUT2D eigenvalue weighted by molar-refractivity contribution is 5.78. The highest BCUT2D eigenvalue weighted by atomic mass is 16.1. The number of pyridine rings is 1. The monoisotopic (exact) mass is 258 g/mol. The molecule has 3 heteroatoms. The largest absolute Gasteiger partial charge is 0.322 e. The van der Waals surface area contributed by atoms with Gasteiger partial charge in [-0.3, -0.25) is 4.79 Å². The molecule has 0 aliphatic carbocycles. The summed E-state index contributed by atoms with van der Waals surface area (Å²) in [5.74, 6) is 0. The van der Waals surface area contributed by atoms with Crippen molar-refractivity contribution >= 4 is 10.9 Å². The molecule has 102 valence electrons. The molecule has 2 N–H and O–H groups in total. The van der Waals surface area contributed by atoms with Crippen molar-refractivity contribution in [2.24, 2.45) is 0 Å². The second-order valence-corrected chi connectivity index (χ2v) is 5.14. The van der Waals surface area contributed by atoms with Gasteiger partial charge in [0.2, 0.25) is 0 Å². The van der Waals surface area contributed by atoms with Gasteiger partial charge in [-0.2, -0.15) is 0 Å². The fourth-order valence-electron chi connectivity index (χ4n) is 2.22. The summed E-state index contributed by atoms with van der Waals surface area (Å²) < 4.78 is 0. The second kappa shape index (κ2) is 6.53. The number of H-pyrrole nitrogens is 1. The third-order valence-corrected chi connectivity index (χ3v) is 3.46. The maximum Gasteiger partial charge on any atom is 0.252 e. The number of aromatic nitrogens is 1. The lowest BCUT2D eigenvalue weighted by Gasteiger charge is -2.13. The molecule has 0 saturated heterocycles. The van der Waals surface area contributed by atoms with Crippen LogP contribution in [0.4, 0.5) is 0 Å². The molecule has 19 heavy (non-hydrogen) atoms. The molecule has 0 aliphatic rings. The van der Waals surface area contributed by atoms with Gasteiger partial charge < -0.3 is 10.3 Å². The van der Waals surface area contributed by atoms with E-state index in [2.05, 4.69) is 24.1 Å². The van der Waals surface area contributed by atoms with E-state index in [1.807, 2.05) is 30.3 Å². The second-order valence-electron chi connectivity index (χ2n) is 5.14. The Hall–Kier alpha value is -1.61. The predicted molar refractivity (Wildman–Crippen MR) is 80.4 cm³/mol. The van der Waals surface area contributed by atoms with Crippen LogP contribution >= 0.6 is 0 Å². The van der Waals surface area contributed by atoms with Gasteiger partial charge >= 0.3 is 0 Å². The number of aromatic amines is 1. The highest BCUT2D eigenvalue weighted by Gasteiger charge is 2.05. The fourth-order valence-corrected chi connectivity index (χ4v) is 2.22. The van der Waals surface area contributed by atoms with E-state index < -0.39 is 0 Å². The Morgan fingerprint density at radius 1 is 1.32 bits per heavy atom. The van der Waals surface area contributed by atoms with Crippen molar-refractivity contribution in [2.75, 3.05) is 0 Å². The van der Waals surface area contributed by atoms with Gasteiger partial charge in [0.1, 0.15) is 0 Å². The van der Waals surface area contributed by atoms with Gasteiger partial charge in [0, 0.05) is 23.7 Å². The lowest BCUT2D eigenvalue weighted by molar-refractivity contribution is 0.494. The number of rotatable bonds is 6. The zero-order valence-corrected chi connectivity index (χ0v) is 11.7. The van der Waals surface area contributed by atoms with E-state index in [0.29, 0.717) is 12.6 Å². The van der Waals surface area contributed by atoms with Crippen LogP contribution in [-0.2, 0) is 6.54 Å². The van der Waals surface area contributed by atoms with E-state index in [1.165, 1.54) is 12.8 Å². The predicted octanol–water partition coefficient (Wildman–Crippen LogP) is 3.20.